The van der Waals surface area contributed by atoms with Gasteiger partial charge in [-0.25, -0.2) is 4.79 Å². The molecular formula is C14H19BrO5. The Morgan fingerprint density at radius 2 is 2.00 bits per heavy atom. The number of rotatable bonds is 8. The standard InChI is InChI=1S/C14H19BrO5/c1-3-18-12-6-5-10(14(17)19-4-2)7-13(12)20-9-11(16)8-15/h5-7,11,16H,3-4,8-9H2,1-2H3. The van der Waals surface area contributed by atoms with Crippen molar-refractivity contribution >= 4 is 21.9 Å². The second-order valence-electron chi connectivity index (χ2n) is 3.93. The van der Waals surface area contributed by atoms with E-state index in [9.17, 15) is 9.90 Å². The lowest BCUT2D eigenvalue weighted by Gasteiger charge is -2.14. The van der Waals surface area contributed by atoms with Gasteiger partial charge in [0.15, 0.2) is 11.5 Å². The number of esters is 1. The molecule has 0 aliphatic carbocycles. The topological polar surface area (TPSA) is 65.0 Å². The summed E-state index contributed by atoms with van der Waals surface area (Å²) in [6, 6.07) is 4.84. The summed E-state index contributed by atoms with van der Waals surface area (Å²) < 4.78 is 15.9. The van der Waals surface area contributed by atoms with Crippen molar-refractivity contribution in [2.75, 3.05) is 25.2 Å². The molecule has 0 spiro atoms. The molecule has 1 N–H and O–H groups in total. The molecule has 0 amide bonds. The van der Waals surface area contributed by atoms with Gasteiger partial charge >= 0.3 is 5.97 Å². The maximum absolute atomic E-state index is 11.7. The molecule has 20 heavy (non-hydrogen) atoms. The van der Waals surface area contributed by atoms with E-state index >= 15 is 0 Å². The molecule has 0 aliphatic heterocycles. The molecule has 0 bridgehead atoms. The van der Waals surface area contributed by atoms with E-state index in [1.54, 1.807) is 25.1 Å². The molecule has 0 heterocycles. The summed E-state index contributed by atoms with van der Waals surface area (Å²) in [6.07, 6.45) is -0.629. The first-order chi connectivity index (χ1) is 9.62. The van der Waals surface area contributed by atoms with E-state index in [2.05, 4.69) is 15.9 Å². The van der Waals surface area contributed by atoms with Crippen LogP contribution in [0.25, 0.3) is 0 Å². The number of halogens is 1. The highest BCUT2D eigenvalue weighted by atomic mass is 79.9. The van der Waals surface area contributed by atoms with Gasteiger partial charge in [0.25, 0.3) is 0 Å². The lowest BCUT2D eigenvalue weighted by atomic mass is 10.2. The lowest BCUT2D eigenvalue weighted by Crippen LogP contribution is -2.19. The first-order valence-corrected chi connectivity index (χ1v) is 7.55. The van der Waals surface area contributed by atoms with Crippen molar-refractivity contribution in [2.24, 2.45) is 0 Å². The molecule has 6 heteroatoms. The third kappa shape index (κ3) is 5.02. The van der Waals surface area contributed by atoms with Crippen LogP contribution in [-0.4, -0.2) is 42.3 Å². The maximum Gasteiger partial charge on any atom is 0.338 e. The summed E-state index contributed by atoms with van der Waals surface area (Å²) in [5.74, 6) is 0.529. The SMILES string of the molecule is CCOC(=O)c1ccc(OCC)c(OCC(O)CBr)c1. The van der Waals surface area contributed by atoms with Crippen molar-refractivity contribution in [3.05, 3.63) is 23.8 Å². The van der Waals surface area contributed by atoms with Gasteiger partial charge in [0, 0.05) is 5.33 Å². The molecule has 0 aromatic heterocycles. The van der Waals surface area contributed by atoms with Crippen LogP contribution >= 0.6 is 15.9 Å². The number of carbonyl (C=O) groups excluding carboxylic acids is 1. The van der Waals surface area contributed by atoms with Crippen LogP contribution in [0.4, 0.5) is 0 Å². The van der Waals surface area contributed by atoms with Gasteiger partial charge in [0.2, 0.25) is 0 Å². The zero-order valence-corrected chi connectivity index (χ0v) is 13.2. The van der Waals surface area contributed by atoms with Crippen LogP contribution < -0.4 is 9.47 Å². The van der Waals surface area contributed by atoms with Crippen LogP contribution in [0.3, 0.4) is 0 Å². The highest BCUT2D eigenvalue weighted by molar-refractivity contribution is 9.09. The molecule has 1 rings (SSSR count). The Kier molecular flexibility index (Phi) is 7.40. The molecule has 1 aromatic carbocycles. The smallest absolute Gasteiger partial charge is 0.338 e. The van der Waals surface area contributed by atoms with Gasteiger partial charge in [0.05, 0.1) is 24.9 Å². The van der Waals surface area contributed by atoms with Crippen LogP contribution in [0, 0.1) is 0 Å². The van der Waals surface area contributed by atoms with E-state index in [-0.39, 0.29) is 6.61 Å². The number of hydrogen-bond acceptors (Lipinski definition) is 5. The monoisotopic (exact) mass is 346 g/mol. The van der Waals surface area contributed by atoms with E-state index in [1.807, 2.05) is 6.92 Å². The summed E-state index contributed by atoms with van der Waals surface area (Å²) in [5.41, 5.74) is 0.388. The molecule has 0 saturated carbocycles. The van der Waals surface area contributed by atoms with Crippen LogP contribution in [0.5, 0.6) is 11.5 Å². The second-order valence-corrected chi connectivity index (χ2v) is 4.58. The number of carbonyl (C=O) groups is 1. The van der Waals surface area contributed by atoms with E-state index in [4.69, 9.17) is 14.2 Å². The maximum atomic E-state index is 11.7. The van der Waals surface area contributed by atoms with E-state index in [0.29, 0.717) is 35.6 Å². The second kappa shape index (κ2) is 8.81. The van der Waals surface area contributed by atoms with Gasteiger partial charge < -0.3 is 19.3 Å². The average Bonchev–Trinajstić information content (AvgIpc) is 2.46. The van der Waals surface area contributed by atoms with Crippen LogP contribution in [-0.2, 0) is 4.74 Å². The van der Waals surface area contributed by atoms with E-state index < -0.39 is 12.1 Å². The average molecular weight is 347 g/mol. The number of aliphatic hydroxyl groups is 1. The third-order valence-corrected chi connectivity index (χ3v) is 3.11. The first-order valence-electron chi connectivity index (χ1n) is 6.43. The number of hydrogen-bond donors (Lipinski definition) is 1. The normalized spacial score (nSPS) is 11.8. The third-order valence-electron chi connectivity index (χ3n) is 2.36. The number of benzene rings is 1. The highest BCUT2D eigenvalue weighted by Crippen LogP contribution is 2.29. The minimum atomic E-state index is -0.629. The van der Waals surface area contributed by atoms with Crippen LogP contribution in [0.15, 0.2) is 18.2 Å². The molecule has 0 saturated heterocycles. The molecule has 0 aliphatic rings. The van der Waals surface area contributed by atoms with Crippen molar-refractivity contribution in [2.45, 2.75) is 20.0 Å². The highest BCUT2D eigenvalue weighted by Gasteiger charge is 2.13. The van der Waals surface area contributed by atoms with Gasteiger partial charge in [-0.3, -0.25) is 0 Å². The fraction of sp³-hybridized carbons (Fsp3) is 0.500. The molecule has 0 fully saturated rings. The number of alkyl halides is 1. The summed E-state index contributed by atoms with van der Waals surface area (Å²) in [6.45, 7) is 4.50. The predicted octanol–water partition coefficient (Wildman–Crippen LogP) is 2.40. The van der Waals surface area contributed by atoms with Crippen molar-refractivity contribution in [3.63, 3.8) is 0 Å². The predicted molar refractivity (Wildman–Crippen MR) is 78.9 cm³/mol. The summed E-state index contributed by atoms with van der Waals surface area (Å²) >= 11 is 3.16. The Hall–Kier alpha value is -1.27. The summed E-state index contributed by atoms with van der Waals surface area (Å²) in [4.78, 5) is 11.7. The Morgan fingerprint density at radius 1 is 1.25 bits per heavy atom. The minimum absolute atomic E-state index is 0.109. The van der Waals surface area contributed by atoms with Gasteiger partial charge in [0.1, 0.15) is 6.61 Å². The zero-order valence-electron chi connectivity index (χ0n) is 11.6. The molecule has 1 aromatic rings. The van der Waals surface area contributed by atoms with Crippen molar-refractivity contribution in [3.8, 4) is 11.5 Å². The largest absolute Gasteiger partial charge is 0.490 e. The van der Waals surface area contributed by atoms with Crippen molar-refractivity contribution in [1.82, 2.24) is 0 Å². The quantitative estimate of drug-likeness (QED) is 0.578. The Balaban J connectivity index is 2.90. The molecular weight excluding hydrogens is 328 g/mol. The first kappa shape index (κ1) is 16.8. The van der Waals surface area contributed by atoms with Gasteiger partial charge in [-0.1, -0.05) is 15.9 Å². The Morgan fingerprint density at radius 3 is 2.60 bits per heavy atom. The Labute approximate surface area is 127 Å². The summed E-state index contributed by atoms with van der Waals surface area (Å²) in [7, 11) is 0. The van der Waals surface area contributed by atoms with Crippen molar-refractivity contribution in [1.29, 1.82) is 0 Å². The Bertz CT molecular complexity index is 436. The fourth-order valence-electron chi connectivity index (χ4n) is 1.47. The van der Waals surface area contributed by atoms with Crippen LogP contribution in [0.2, 0.25) is 0 Å². The summed E-state index contributed by atoms with van der Waals surface area (Å²) in [5, 5.41) is 9.91. The van der Waals surface area contributed by atoms with E-state index in [0.717, 1.165) is 0 Å². The molecule has 5 nitrogen and oxygen atoms in total. The van der Waals surface area contributed by atoms with E-state index in [1.165, 1.54) is 0 Å². The fourth-order valence-corrected chi connectivity index (χ4v) is 1.65. The van der Waals surface area contributed by atoms with Gasteiger partial charge in [-0.2, -0.15) is 0 Å². The van der Waals surface area contributed by atoms with Gasteiger partial charge in [-0.05, 0) is 32.0 Å². The molecule has 1 atom stereocenters. The number of ether oxygens (including phenoxy) is 3. The molecule has 0 radical (unpaired) electrons. The zero-order chi connectivity index (χ0) is 15.0. The lowest BCUT2D eigenvalue weighted by molar-refractivity contribution is 0.0525. The van der Waals surface area contributed by atoms with Crippen molar-refractivity contribution < 1.29 is 24.1 Å². The molecule has 112 valence electrons. The molecule has 1 unspecified atom stereocenters. The minimum Gasteiger partial charge on any atom is -0.490 e. The number of aliphatic hydroxyl groups excluding tert-OH is 1. The van der Waals surface area contributed by atoms with Crippen LogP contribution in [0.1, 0.15) is 24.2 Å². The van der Waals surface area contributed by atoms with Gasteiger partial charge in [-0.15, -0.1) is 0 Å².